The molecule has 1 aliphatic heterocycles. The molecule has 2 aromatic carbocycles. The Kier molecular flexibility index (Phi) is 3.45. The Balaban J connectivity index is 1.89. The lowest BCUT2D eigenvalue weighted by Crippen LogP contribution is -2.06. The normalized spacial score (nSPS) is 12.9. The smallest absolute Gasteiger partial charge is 0.171 e. The lowest BCUT2D eigenvalue weighted by Gasteiger charge is -2.08. The van der Waals surface area contributed by atoms with Crippen LogP contribution in [0.15, 0.2) is 36.4 Å². The third-order valence-corrected chi connectivity index (χ3v) is 3.73. The van der Waals surface area contributed by atoms with Gasteiger partial charge in [0.25, 0.3) is 0 Å². The van der Waals surface area contributed by atoms with Crippen molar-refractivity contribution >= 4 is 17.4 Å². The zero-order valence-corrected chi connectivity index (χ0v) is 11.4. The van der Waals surface area contributed by atoms with Crippen molar-refractivity contribution in [3.63, 3.8) is 0 Å². The van der Waals surface area contributed by atoms with Gasteiger partial charge in [0.2, 0.25) is 0 Å². The van der Waals surface area contributed by atoms with Crippen LogP contribution in [0.4, 0.5) is 4.39 Å². The van der Waals surface area contributed by atoms with Gasteiger partial charge in [-0.2, -0.15) is 0 Å². The van der Waals surface area contributed by atoms with Gasteiger partial charge in [0, 0.05) is 17.9 Å². The Bertz CT molecular complexity index is 682. The summed E-state index contributed by atoms with van der Waals surface area (Å²) >= 11 is 5.95. The molecule has 20 heavy (non-hydrogen) atoms. The first-order chi connectivity index (χ1) is 9.65. The Morgan fingerprint density at radius 2 is 2.15 bits per heavy atom. The third kappa shape index (κ3) is 2.41. The van der Waals surface area contributed by atoms with Crippen LogP contribution in [0, 0.1) is 5.82 Å². The molecule has 3 rings (SSSR count). The third-order valence-electron chi connectivity index (χ3n) is 3.38. The lowest BCUT2D eigenvalue weighted by atomic mass is 10.00. The van der Waals surface area contributed by atoms with Crippen LogP contribution in [0.1, 0.15) is 21.5 Å². The largest absolute Gasteiger partial charge is 0.492 e. The molecule has 0 amide bonds. The molecule has 0 N–H and O–H groups in total. The van der Waals surface area contributed by atoms with E-state index in [4.69, 9.17) is 16.3 Å². The fourth-order valence-electron chi connectivity index (χ4n) is 2.37. The minimum absolute atomic E-state index is 0.0720. The summed E-state index contributed by atoms with van der Waals surface area (Å²) in [5.74, 6) is 0.197. The molecule has 2 nitrogen and oxygen atoms in total. The summed E-state index contributed by atoms with van der Waals surface area (Å²) < 4.78 is 18.5. The Morgan fingerprint density at radius 3 is 2.95 bits per heavy atom. The topological polar surface area (TPSA) is 26.3 Å². The van der Waals surface area contributed by atoms with Crippen molar-refractivity contribution in [1.29, 1.82) is 0 Å². The molecule has 0 radical (unpaired) electrons. The Labute approximate surface area is 121 Å². The predicted molar refractivity (Wildman–Crippen MR) is 75.1 cm³/mol. The minimum atomic E-state index is -0.407. The Hall–Kier alpha value is -1.87. The average Bonchev–Trinajstić information content (AvgIpc) is 2.90. The first-order valence-electron chi connectivity index (χ1n) is 6.37. The second-order valence-corrected chi connectivity index (χ2v) is 5.14. The number of carbonyl (C=O) groups is 1. The minimum Gasteiger partial charge on any atom is -0.492 e. The van der Waals surface area contributed by atoms with Crippen LogP contribution in [0.2, 0.25) is 5.02 Å². The molecule has 0 saturated heterocycles. The summed E-state index contributed by atoms with van der Waals surface area (Å²) in [6.45, 7) is 0.608. The van der Waals surface area contributed by atoms with Gasteiger partial charge in [-0.05, 0) is 29.3 Å². The summed E-state index contributed by atoms with van der Waals surface area (Å²) in [5.41, 5.74) is 2.25. The summed E-state index contributed by atoms with van der Waals surface area (Å²) in [5, 5.41) is 0.270. The molecular formula is C16H12ClFO2. The Morgan fingerprint density at radius 1 is 1.30 bits per heavy atom. The number of ketones is 1. The number of carbonyl (C=O) groups excluding carboxylic acids is 1. The highest BCUT2D eigenvalue weighted by atomic mass is 35.5. The molecule has 0 bridgehead atoms. The molecule has 0 spiro atoms. The van der Waals surface area contributed by atoms with E-state index in [1.165, 1.54) is 12.1 Å². The molecule has 0 unspecified atom stereocenters. The van der Waals surface area contributed by atoms with Crippen molar-refractivity contribution in [3.05, 3.63) is 63.9 Å². The van der Waals surface area contributed by atoms with Gasteiger partial charge in [0.1, 0.15) is 11.6 Å². The summed E-state index contributed by atoms with van der Waals surface area (Å²) in [7, 11) is 0. The summed E-state index contributed by atoms with van der Waals surface area (Å²) in [6, 6.07) is 9.64. The number of hydrogen-bond acceptors (Lipinski definition) is 2. The van der Waals surface area contributed by atoms with Gasteiger partial charge in [0.05, 0.1) is 12.2 Å². The first-order valence-corrected chi connectivity index (χ1v) is 6.75. The maximum Gasteiger partial charge on any atom is 0.171 e. The van der Waals surface area contributed by atoms with Crippen molar-refractivity contribution in [2.45, 2.75) is 12.8 Å². The van der Waals surface area contributed by atoms with E-state index in [1.54, 1.807) is 12.1 Å². The molecule has 2 aromatic rings. The SMILES string of the molecule is O=C(Cc1ccc(F)cc1Cl)c1cccc2c1OCC2. The molecule has 1 aliphatic rings. The highest BCUT2D eigenvalue weighted by Crippen LogP contribution is 2.30. The standard InChI is InChI=1S/C16H12ClFO2/c17-14-9-12(18)5-4-11(14)8-15(19)13-3-1-2-10-6-7-20-16(10)13/h1-5,9H,6-8H2. The number of hydrogen-bond donors (Lipinski definition) is 0. The average molecular weight is 291 g/mol. The highest BCUT2D eigenvalue weighted by Gasteiger charge is 2.21. The first kappa shape index (κ1) is 13.1. The molecule has 0 aromatic heterocycles. The van der Waals surface area contributed by atoms with Crippen LogP contribution in [-0.4, -0.2) is 12.4 Å². The van der Waals surface area contributed by atoms with Crippen molar-refractivity contribution in [2.75, 3.05) is 6.61 Å². The predicted octanol–water partition coefficient (Wildman–Crippen LogP) is 3.84. The van der Waals surface area contributed by atoms with Crippen LogP contribution < -0.4 is 4.74 Å². The maximum absolute atomic E-state index is 13.0. The lowest BCUT2D eigenvalue weighted by molar-refractivity contribution is 0.0990. The van der Waals surface area contributed by atoms with E-state index < -0.39 is 5.82 Å². The number of fused-ring (bicyclic) bond motifs is 1. The quantitative estimate of drug-likeness (QED) is 0.803. The van der Waals surface area contributed by atoms with E-state index in [9.17, 15) is 9.18 Å². The molecule has 4 heteroatoms. The zero-order chi connectivity index (χ0) is 14.1. The molecule has 0 aliphatic carbocycles. The van der Waals surface area contributed by atoms with E-state index in [0.717, 1.165) is 12.0 Å². The molecule has 1 heterocycles. The van der Waals surface area contributed by atoms with Crippen molar-refractivity contribution in [1.82, 2.24) is 0 Å². The van der Waals surface area contributed by atoms with Crippen LogP contribution in [0.5, 0.6) is 5.75 Å². The van der Waals surface area contributed by atoms with Gasteiger partial charge in [-0.25, -0.2) is 4.39 Å². The number of ether oxygens (including phenoxy) is 1. The monoisotopic (exact) mass is 290 g/mol. The van der Waals surface area contributed by atoms with Gasteiger partial charge in [0.15, 0.2) is 5.78 Å². The van der Waals surface area contributed by atoms with Crippen molar-refractivity contribution in [2.24, 2.45) is 0 Å². The van der Waals surface area contributed by atoms with Crippen LogP contribution in [-0.2, 0) is 12.8 Å². The second-order valence-electron chi connectivity index (χ2n) is 4.73. The van der Waals surface area contributed by atoms with Gasteiger partial charge in [-0.15, -0.1) is 0 Å². The van der Waals surface area contributed by atoms with Gasteiger partial charge >= 0.3 is 0 Å². The molecule has 0 fully saturated rings. The summed E-state index contributed by atoms with van der Waals surface area (Å²) in [4.78, 5) is 12.4. The second kappa shape index (κ2) is 5.25. The number of Topliss-reactive ketones (excluding diaryl/α,β-unsaturated/α-hetero) is 1. The number of rotatable bonds is 3. The van der Waals surface area contributed by atoms with E-state index in [-0.39, 0.29) is 17.2 Å². The fraction of sp³-hybridized carbons (Fsp3) is 0.188. The van der Waals surface area contributed by atoms with E-state index in [0.29, 0.717) is 23.5 Å². The van der Waals surface area contributed by atoms with Gasteiger partial charge in [-0.1, -0.05) is 29.8 Å². The molecule has 0 saturated carbocycles. The van der Waals surface area contributed by atoms with E-state index in [1.807, 2.05) is 12.1 Å². The van der Waals surface area contributed by atoms with Gasteiger partial charge < -0.3 is 4.74 Å². The zero-order valence-electron chi connectivity index (χ0n) is 10.7. The molecule has 0 atom stereocenters. The van der Waals surface area contributed by atoms with Gasteiger partial charge in [-0.3, -0.25) is 4.79 Å². The van der Waals surface area contributed by atoms with Crippen molar-refractivity contribution < 1.29 is 13.9 Å². The number of halogens is 2. The van der Waals surface area contributed by atoms with Crippen LogP contribution in [0.25, 0.3) is 0 Å². The van der Waals surface area contributed by atoms with Crippen LogP contribution >= 0.6 is 11.6 Å². The molecular weight excluding hydrogens is 279 g/mol. The number of para-hydroxylation sites is 1. The fourth-order valence-corrected chi connectivity index (χ4v) is 2.60. The maximum atomic E-state index is 13.0. The highest BCUT2D eigenvalue weighted by molar-refractivity contribution is 6.31. The number of benzene rings is 2. The summed E-state index contributed by atoms with van der Waals surface area (Å²) in [6.07, 6.45) is 0.965. The van der Waals surface area contributed by atoms with Crippen LogP contribution in [0.3, 0.4) is 0 Å². The van der Waals surface area contributed by atoms with Crippen molar-refractivity contribution in [3.8, 4) is 5.75 Å². The van der Waals surface area contributed by atoms with E-state index >= 15 is 0 Å². The molecule has 102 valence electrons. The van der Waals surface area contributed by atoms with E-state index in [2.05, 4.69) is 0 Å².